The van der Waals surface area contributed by atoms with Crippen molar-refractivity contribution in [2.75, 3.05) is 36.9 Å². The maximum Gasteiger partial charge on any atom is 0.411 e. The number of hydrogen-bond donors (Lipinski definition) is 2. The summed E-state index contributed by atoms with van der Waals surface area (Å²) in [6, 6.07) is 16.4. The van der Waals surface area contributed by atoms with E-state index in [2.05, 4.69) is 55.0 Å². The number of hydrogen-bond acceptors (Lipinski definition) is 7. The Hall–Kier alpha value is -4.44. The number of benzene rings is 2. The van der Waals surface area contributed by atoms with Gasteiger partial charge in [-0.2, -0.15) is 10.2 Å². The molecule has 1 aliphatic rings. The molecule has 39 heavy (non-hydrogen) atoms. The first-order valence-corrected chi connectivity index (χ1v) is 13.5. The quantitative estimate of drug-likeness (QED) is 0.277. The van der Waals surface area contributed by atoms with Crippen LogP contribution in [0, 0.1) is 0 Å². The highest BCUT2D eigenvalue weighted by Crippen LogP contribution is 2.30. The van der Waals surface area contributed by atoms with E-state index >= 15 is 0 Å². The Morgan fingerprint density at radius 3 is 2.74 bits per heavy atom. The second-order valence-electron chi connectivity index (χ2n) is 9.77. The molecule has 10 heteroatoms. The molecule has 2 N–H and O–H groups in total. The van der Waals surface area contributed by atoms with Crippen molar-refractivity contribution >= 4 is 39.7 Å². The molecule has 4 heterocycles. The minimum Gasteiger partial charge on any atom is -0.448 e. The fourth-order valence-electron chi connectivity index (χ4n) is 5.23. The molecule has 0 spiro atoms. The van der Waals surface area contributed by atoms with E-state index in [0.717, 1.165) is 47.3 Å². The zero-order valence-electron chi connectivity index (χ0n) is 22.0. The Morgan fingerprint density at radius 1 is 1.08 bits per heavy atom. The van der Waals surface area contributed by atoms with Crippen LogP contribution in [0.25, 0.3) is 16.4 Å². The van der Waals surface area contributed by atoms with Gasteiger partial charge in [0.1, 0.15) is 18.5 Å². The van der Waals surface area contributed by atoms with Gasteiger partial charge >= 0.3 is 6.09 Å². The molecule has 0 saturated carbocycles. The summed E-state index contributed by atoms with van der Waals surface area (Å²) in [7, 11) is 0. The SMILES string of the molecule is CCc1c(NC(=O)OCCN2CCCC2)cn2ncnc(Nc3ccc4c(cnn4Cc4ccccc4)c3)c12. The van der Waals surface area contributed by atoms with Crippen molar-refractivity contribution in [1.29, 1.82) is 0 Å². The van der Waals surface area contributed by atoms with E-state index in [0.29, 0.717) is 31.1 Å². The number of carbonyl (C=O) groups excluding carboxylic acids is 1. The number of nitrogens with one attached hydrogen (secondary N) is 2. The smallest absolute Gasteiger partial charge is 0.411 e. The highest BCUT2D eigenvalue weighted by Gasteiger charge is 2.18. The summed E-state index contributed by atoms with van der Waals surface area (Å²) in [5.41, 5.74) is 5.57. The number of carbonyl (C=O) groups is 1. The van der Waals surface area contributed by atoms with Gasteiger partial charge in [-0.25, -0.2) is 14.3 Å². The first-order chi connectivity index (χ1) is 19.2. The van der Waals surface area contributed by atoms with Crippen molar-refractivity contribution in [2.24, 2.45) is 0 Å². The molecule has 0 radical (unpaired) electrons. The normalized spacial score (nSPS) is 13.8. The first kappa shape index (κ1) is 24.9. The van der Waals surface area contributed by atoms with Gasteiger partial charge in [0.05, 0.1) is 30.1 Å². The highest BCUT2D eigenvalue weighted by atomic mass is 16.5. The van der Waals surface area contributed by atoms with Gasteiger partial charge in [-0.15, -0.1) is 0 Å². The zero-order valence-corrected chi connectivity index (χ0v) is 22.0. The van der Waals surface area contributed by atoms with E-state index in [9.17, 15) is 4.79 Å². The Bertz CT molecular complexity index is 1590. The lowest BCUT2D eigenvalue weighted by molar-refractivity contribution is 0.146. The van der Waals surface area contributed by atoms with Crippen molar-refractivity contribution < 1.29 is 9.53 Å². The maximum absolute atomic E-state index is 12.5. The lowest BCUT2D eigenvalue weighted by atomic mass is 10.2. The van der Waals surface area contributed by atoms with Crippen LogP contribution in [-0.2, 0) is 17.7 Å². The summed E-state index contributed by atoms with van der Waals surface area (Å²) >= 11 is 0. The van der Waals surface area contributed by atoms with Gasteiger partial charge < -0.3 is 10.1 Å². The molecule has 5 aromatic rings. The lowest BCUT2D eigenvalue weighted by Gasteiger charge is -2.14. The number of ether oxygens (including phenoxy) is 1. The topological polar surface area (TPSA) is 102 Å². The molecule has 0 unspecified atom stereocenters. The number of anilines is 3. The van der Waals surface area contributed by atoms with Gasteiger partial charge in [0, 0.05) is 23.2 Å². The summed E-state index contributed by atoms with van der Waals surface area (Å²) < 4.78 is 9.19. The van der Waals surface area contributed by atoms with Gasteiger partial charge in [0.25, 0.3) is 0 Å². The molecule has 0 aliphatic carbocycles. The van der Waals surface area contributed by atoms with Crippen molar-refractivity contribution in [3.05, 3.63) is 78.4 Å². The molecule has 0 bridgehead atoms. The number of amides is 1. The van der Waals surface area contributed by atoms with Crippen LogP contribution in [-0.4, -0.2) is 61.6 Å². The summed E-state index contributed by atoms with van der Waals surface area (Å²) in [5.74, 6) is 0.660. The van der Waals surface area contributed by atoms with Crippen LogP contribution in [0.4, 0.5) is 22.0 Å². The van der Waals surface area contributed by atoms with Gasteiger partial charge in [0.2, 0.25) is 0 Å². The number of aromatic nitrogens is 5. The van der Waals surface area contributed by atoms with E-state index < -0.39 is 6.09 Å². The second kappa shape index (κ2) is 11.1. The van der Waals surface area contributed by atoms with Crippen LogP contribution in [0.5, 0.6) is 0 Å². The summed E-state index contributed by atoms with van der Waals surface area (Å²) in [6.07, 6.45) is 7.85. The highest BCUT2D eigenvalue weighted by molar-refractivity contribution is 5.91. The number of likely N-dealkylation sites (tertiary alicyclic amines) is 1. The Morgan fingerprint density at radius 2 is 1.92 bits per heavy atom. The Balaban J connectivity index is 1.19. The van der Waals surface area contributed by atoms with Crippen molar-refractivity contribution in [1.82, 2.24) is 29.3 Å². The van der Waals surface area contributed by atoms with Crippen LogP contribution in [0.2, 0.25) is 0 Å². The predicted octanol–water partition coefficient (Wildman–Crippen LogP) is 5.08. The zero-order chi connectivity index (χ0) is 26.6. The monoisotopic (exact) mass is 524 g/mol. The molecule has 10 nitrogen and oxygen atoms in total. The number of nitrogens with zero attached hydrogens (tertiary/aromatic N) is 6. The number of aryl methyl sites for hydroxylation is 1. The Kier molecular flexibility index (Phi) is 7.09. The molecule has 2 aromatic carbocycles. The maximum atomic E-state index is 12.5. The molecular weight excluding hydrogens is 492 g/mol. The molecule has 1 fully saturated rings. The van der Waals surface area contributed by atoms with Crippen molar-refractivity contribution in [2.45, 2.75) is 32.7 Å². The molecule has 200 valence electrons. The van der Waals surface area contributed by atoms with Crippen LogP contribution in [0.1, 0.15) is 30.9 Å². The van der Waals surface area contributed by atoms with E-state index in [4.69, 9.17) is 4.74 Å². The van der Waals surface area contributed by atoms with E-state index in [1.807, 2.05) is 42.1 Å². The molecule has 6 rings (SSSR count). The average Bonchev–Trinajstić information content (AvgIpc) is 3.69. The minimum absolute atomic E-state index is 0.373. The lowest BCUT2D eigenvalue weighted by Crippen LogP contribution is -2.26. The standard InChI is InChI=1S/C29H32N8O2/c1-2-24-25(34-29(38)39-15-14-35-12-6-7-13-35)19-37-27(24)28(30-20-32-37)33-23-10-11-26-22(16-23)17-31-36(26)18-21-8-4-3-5-9-21/h3-5,8-11,16-17,19-20H,2,6-7,12-15,18H2,1H3,(H,34,38)(H,30,32,33). The van der Waals surface area contributed by atoms with Crippen LogP contribution in [0.3, 0.4) is 0 Å². The molecule has 3 aromatic heterocycles. The molecule has 0 atom stereocenters. The van der Waals surface area contributed by atoms with Gasteiger partial charge in [-0.3, -0.25) is 14.9 Å². The minimum atomic E-state index is -0.458. The summed E-state index contributed by atoms with van der Waals surface area (Å²) in [6.45, 7) is 6.05. The Labute approximate surface area is 226 Å². The predicted molar refractivity (Wildman–Crippen MR) is 152 cm³/mol. The van der Waals surface area contributed by atoms with Gasteiger partial charge in [-0.1, -0.05) is 37.3 Å². The fourth-order valence-corrected chi connectivity index (χ4v) is 5.23. The fraction of sp³-hybridized carbons (Fsp3) is 0.310. The first-order valence-electron chi connectivity index (χ1n) is 13.5. The van der Waals surface area contributed by atoms with E-state index in [1.165, 1.54) is 24.7 Å². The van der Waals surface area contributed by atoms with Crippen molar-refractivity contribution in [3.8, 4) is 0 Å². The average molecular weight is 525 g/mol. The number of rotatable bonds is 9. The van der Waals surface area contributed by atoms with Crippen LogP contribution >= 0.6 is 0 Å². The third-order valence-corrected chi connectivity index (χ3v) is 7.19. The molecular formula is C29H32N8O2. The van der Waals surface area contributed by atoms with Crippen LogP contribution in [0.15, 0.2) is 67.3 Å². The third kappa shape index (κ3) is 5.42. The summed E-state index contributed by atoms with van der Waals surface area (Å²) in [4.78, 5) is 19.4. The second-order valence-corrected chi connectivity index (χ2v) is 9.77. The van der Waals surface area contributed by atoms with E-state index in [1.54, 1.807) is 10.7 Å². The van der Waals surface area contributed by atoms with E-state index in [-0.39, 0.29) is 0 Å². The van der Waals surface area contributed by atoms with Gasteiger partial charge in [0.15, 0.2) is 5.82 Å². The largest absolute Gasteiger partial charge is 0.448 e. The third-order valence-electron chi connectivity index (χ3n) is 7.19. The molecule has 1 amide bonds. The molecule has 1 aliphatic heterocycles. The summed E-state index contributed by atoms with van der Waals surface area (Å²) in [5, 5.41) is 16.4. The molecule has 1 saturated heterocycles. The van der Waals surface area contributed by atoms with Crippen molar-refractivity contribution in [3.63, 3.8) is 0 Å². The number of fused-ring (bicyclic) bond motifs is 2. The van der Waals surface area contributed by atoms with Gasteiger partial charge in [-0.05, 0) is 56.1 Å². The van der Waals surface area contributed by atoms with Crippen LogP contribution < -0.4 is 10.6 Å².